The lowest BCUT2D eigenvalue weighted by atomic mass is 10.4. The zero-order valence-corrected chi connectivity index (χ0v) is 7.22. The lowest BCUT2D eigenvalue weighted by molar-refractivity contribution is 0.181. The molecule has 0 atom stereocenters. The summed E-state index contributed by atoms with van der Waals surface area (Å²) in [6.07, 6.45) is 1.61. The normalized spacial score (nSPS) is 10.1. The van der Waals surface area contributed by atoms with Gasteiger partial charge < -0.3 is 4.74 Å². The van der Waals surface area contributed by atoms with E-state index in [1.54, 1.807) is 13.3 Å². The third-order valence-electron chi connectivity index (χ3n) is 1.23. The average molecular weight is 173 g/mol. The van der Waals surface area contributed by atoms with Crippen LogP contribution in [0.1, 0.15) is 11.4 Å². The molecule has 0 aliphatic heterocycles. The van der Waals surface area contributed by atoms with Crippen molar-refractivity contribution in [3.63, 3.8) is 0 Å². The highest BCUT2D eigenvalue weighted by Crippen LogP contribution is 2.08. The molecule has 11 heavy (non-hydrogen) atoms. The quantitative estimate of drug-likeness (QED) is 0.680. The first-order valence-electron chi connectivity index (χ1n) is 3.21. The van der Waals surface area contributed by atoms with Crippen LogP contribution in [0.5, 0.6) is 0 Å². The molecule has 1 aromatic heterocycles. The van der Waals surface area contributed by atoms with E-state index >= 15 is 0 Å². The Morgan fingerprint density at radius 3 is 2.91 bits per heavy atom. The molecular formula is C7H9ClN2O. The van der Waals surface area contributed by atoms with Gasteiger partial charge in [-0.25, -0.2) is 4.98 Å². The van der Waals surface area contributed by atoms with Gasteiger partial charge in [0.15, 0.2) is 0 Å². The van der Waals surface area contributed by atoms with Gasteiger partial charge in [-0.05, 0) is 6.92 Å². The lowest BCUT2D eigenvalue weighted by Crippen LogP contribution is -1.96. The molecule has 0 spiro atoms. The van der Waals surface area contributed by atoms with Gasteiger partial charge in [0, 0.05) is 7.11 Å². The third-order valence-corrected chi connectivity index (χ3v) is 1.60. The van der Waals surface area contributed by atoms with Crippen molar-refractivity contribution in [3.8, 4) is 0 Å². The molecule has 1 aromatic rings. The molecule has 0 aliphatic rings. The number of rotatable bonds is 2. The second kappa shape index (κ2) is 3.64. The van der Waals surface area contributed by atoms with Gasteiger partial charge in [-0.2, -0.15) is 0 Å². The van der Waals surface area contributed by atoms with E-state index in [9.17, 15) is 0 Å². The fourth-order valence-electron chi connectivity index (χ4n) is 0.732. The highest BCUT2D eigenvalue weighted by molar-refractivity contribution is 6.29. The Bertz CT molecular complexity index is 252. The Morgan fingerprint density at radius 2 is 2.36 bits per heavy atom. The van der Waals surface area contributed by atoms with Crippen LogP contribution < -0.4 is 0 Å². The van der Waals surface area contributed by atoms with Crippen LogP contribution in [0, 0.1) is 6.92 Å². The molecule has 0 saturated heterocycles. The molecule has 1 rings (SSSR count). The minimum atomic E-state index is 0.449. The summed E-state index contributed by atoms with van der Waals surface area (Å²) in [5, 5.41) is 0.449. The highest BCUT2D eigenvalue weighted by atomic mass is 35.5. The zero-order valence-electron chi connectivity index (χ0n) is 6.47. The monoisotopic (exact) mass is 172 g/mol. The number of ether oxygens (including phenoxy) is 1. The topological polar surface area (TPSA) is 35.0 Å². The van der Waals surface area contributed by atoms with Gasteiger partial charge in [0.05, 0.1) is 24.2 Å². The second-order valence-electron chi connectivity index (χ2n) is 2.17. The van der Waals surface area contributed by atoms with Gasteiger partial charge in [0.1, 0.15) is 5.15 Å². The molecule has 1 heterocycles. The molecule has 4 heteroatoms. The summed E-state index contributed by atoms with van der Waals surface area (Å²) in [5.41, 5.74) is 1.54. The molecule has 0 amide bonds. The van der Waals surface area contributed by atoms with E-state index < -0.39 is 0 Å². The van der Waals surface area contributed by atoms with E-state index in [1.165, 1.54) is 0 Å². The Morgan fingerprint density at radius 1 is 1.64 bits per heavy atom. The van der Waals surface area contributed by atoms with Gasteiger partial charge in [-0.1, -0.05) is 11.6 Å². The molecule has 0 saturated carbocycles. The first kappa shape index (κ1) is 8.43. The number of hydrogen-bond acceptors (Lipinski definition) is 3. The van der Waals surface area contributed by atoms with E-state index in [-0.39, 0.29) is 0 Å². The van der Waals surface area contributed by atoms with Crippen LogP contribution >= 0.6 is 11.6 Å². The molecule has 0 fully saturated rings. The van der Waals surface area contributed by atoms with Crippen molar-refractivity contribution in [3.05, 3.63) is 22.7 Å². The number of aryl methyl sites for hydroxylation is 1. The van der Waals surface area contributed by atoms with E-state index in [0.717, 1.165) is 11.4 Å². The first-order chi connectivity index (χ1) is 5.24. The van der Waals surface area contributed by atoms with Crippen molar-refractivity contribution in [1.82, 2.24) is 9.97 Å². The van der Waals surface area contributed by atoms with Crippen molar-refractivity contribution in [2.75, 3.05) is 7.11 Å². The molecule has 60 valence electrons. The summed E-state index contributed by atoms with van der Waals surface area (Å²) >= 11 is 5.67. The summed E-state index contributed by atoms with van der Waals surface area (Å²) in [4.78, 5) is 8.06. The number of nitrogens with zero attached hydrogens (tertiary/aromatic N) is 2. The minimum Gasteiger partial charge on any atom is -0.378 e. The second-order valence-corrected chi connectivity index (χ2v) is 2.53. The van der Waals surface area contributed by atoms with Gasteiger partial charge in [0.25, 0.3) is 0 Å². The fraction of sp³-hybridized carbons (Fsp3) is 0.429. The Balaban J connectivity index is 2.86. The first-order valence-corrected chi connectivity index (χ1v) is 3.59. The van der Waals surface area contributed by atoms with Crippen LogP contribution in [-0.2, 0) is 11.3 Å². The Labute approximate surface area is 70.4 Å². The Kier molecular flexibility index (Phi) is 2.79. The maximum absolute atomic E-state index is 5.67. The Hall–Kier alpha value is -0.670. The van der Waals surface area contributed by atoms with Gasteiger partial charge in [0.2, 0.25) is 0 Å². The van der Waals surface area contributed by atoms with Crippen LogP contribution in [0.2, 0.25) is 5.15 Å². The predicted molar refractivity (Wildman–Crippen MR) is 42.5 cm³/mol. The van der Waals surface area contributed by atoms with E-state index in [2.05, 4.69) is 9.97 Å². The smallest absolute Gasteiger partial charge is 0.150 e. The summed E-state index contributed by atoms with van der Waals surface area (Å²) in [6, 6.07) is 0. The van der Waals surface area contributed by atoms with Crippen molar-refractivity contribution in [2.24, 2.45) is 0 Å². The zero-order chi connectivity index (χ0) is 8.27. The SMILES string of the molecule is COCc1cnc(Cl)c(C)n1. The van der Waals surface area contributed by atoms with E-state index in [1.807, 2.05) is 6.92 Å². The average Bonchev–Trinajstić information content (AvgIpc) is 1.98. The van der Waals surface area contributed by atoms with Crippen molar-refractivity contribution in [1.29, 1.82) is 0 Å². The van der Waals surface area contributed by atoms with Crippen LogP contribution in [0.25, 0.3) is 0 Å². The van der Waals surface area contributed by atoms with E-state index in [0.29, 0.717) is 11.8 Å². The van der Waals surface area contributed by atoms with Gasteiger partial charge in [-0.3, -0.25) is 4.98 Å². The number of aromatic nitrogens is 2. The fourth-order valence-corrected chi connectivity index (χ4v) is 0.823. The van der Waals surface area contributed by atoms with Crippen LogP contribution in [0.4, 0.5) is 0 Å². The maximum atomic E-state index is 5.67. The maximum Gasteiger partial charge on any atom is 0.150 e. The third kappa shape index (κ3) is 2.13. The molecule has 0 N–H and O–H groups in total. The van der Waals surface area contributed by atoms with Crippen molar-refractivity contribution >= 4 is 11.6 Å². The largest absolute Gasteiger partial charge is 0.378 e. The minimum absolute atomic E-state index is 0.449. The molecular weight excluding hydrogens is 164 g/mol. The highest BCUT2D eigenvalue weighted by Gasteiger charge is 1.99. The van der Waals surface area contributed by atoms with Crippen LogP contribution in [-0.4, -0.2) is 17.1 Å². The molecule has 0 bridgehead atoms. The standard InChI is InChI=1S/C7H9ClN2O/c1-5-7(8)9-3-6(10-5)4-11-2/h3H,4H2,1-2H3. The van der Waals surface area contributed by atoms with Crippen LogP contribution in [0.15, 0.2) is 6.20 Å². The lowest BCUT2D eigenvalue weighted by Gasteiger charge is -1.99. The van der Waals surface area contributed by atoms with Crippen molar-refractivity contribution < 1.29 is 4.74 Å². The molecule has 0 radical (unpaired) electrons. The summed E-state index contributed by atoms with van der Waals surface area (Å²) in [7, 11) is 1.62. The predicted octanol–water partition coefficient (Wildman–Crippen LogP) is 1.58. The van der Waals surface area contributed by atoms with Crippen LogP contribution in [0.3, 0.4) is 0 Å². The number of halogens is 1. The molecule has 0 unspecified atom stereocenters. The van der Waals surface area contributed by atoms with E-state index in [4.69, 9.17) is 16.3 Å². The summed E-state index contributed by atoms with van der Waals surface area (Å²) < 4.78 is 4.88. The van der Waals surface area contributed by atoms with Crippen molar-refractivity contribution in [2.45, 2.75) is 13.5 Å². The molecule has 3 nitrogen and oxygen atoms in total. The molecule has 0 aromatic carbocycles. The summed E-state index contributed by atoms with van der Waals surface area (Å²) in [5.74, 6) is 0. The number of methoxy groups -OCH3 is 1. The van der Waals surface area contributed by atoms with Gasteiger partial charge in [-0.15, -0.1) is 0 Å². The molecule has 0 aliphatic carbocycles. The van der Waals surface area contributed by atoms with Gasteiger partial charge >= 0.3 is 0 Å². The summed E-state index contributed by atoms with van der Waals surface area (Å²) in [6.45, 7) is 2.29. The number of hydrogen-bond donors (Lipinski definition) is 0.